The van der Waals surface area contributed by atoms with E-state index >= 15 is 0 Å². The quantitative estimate of drug-likeness (QED) is 0.102. The Hall–Kier alpha value is -3.37. The molecule has 0 bridgehead atoms. The average molecular weight is 732 g/mol. The molecule has 2 saturated heterocycles. The van der Waals surface area contributed by atoms with E-state index in [0.29, 0.717) is 43.7 Å². The first-order valence-electron chi connectivity index (χ1n) is 17.2. The molecule has 6 atom stereocenters. The summed E-state index contributed by atoms with van der Waals surface area (Å²) in [5.41, 5.74) is 7.37. The van der Waals surface area contributed by atoms with Gasteiger partial charge >= 0.3 is 5.97 Å². The second kappa shape index (κ2) is 15.1. The molecule has 3 N–H and O–H groups in total. The number of benzene rings is 2. The van der Waals surface area contributed by atoms with Gasteiger partial charge in [-0.05, 0) is 66.7 Å². The highest BCUT2D eigenvalue weighted by Crippen LogP contribution is 2.35. The number of hydrogen-bond acceptors (Lipinski definition) is 11. The lowest BCUT2D eigenvalue weighted by Crippen LogP contribution is -2.42. The van der Waals surface area contributed by atoms with E-state index in [9.17, 15) is 26.8 Å². The van der Waals surface area contributed by atoms with Crippen molar-refractivity contribution in [2.45, 2.75) is 76.6 Å². The summed E-state index contributed by atoms with van der Waals surface area (Å²) in [6.07, 6.45) is 2.51. The van der Waals surface area contributed by atoms with Crippen LogP contribution in [0.15, 0.2) is 56.5 Å². The maximum atomic E-state index is 14.0. The van der Waals surface area contributed by atoms with Crippen molar-refractivity contribution in [1.82, 2.24) is 8.61 Å². The molecule has 0 saturated carbocycles. The van der Waals surface area contributed by atoms with Crippen LogP contribution in [0.1, 0.15) is 83.1 Å². The minimum Gasteiger partial charge on any atom is -0.425 e. The smallest absolute Gasteiger partial charge is 0.326 e. The zero-order valence-electron chi connectivity index (χ0n) is 29.6. The number of carbonyl (C=O) groups excluding carboxylic acids is 1. The first-order valence-corrected chi connectivity index (χ1v) is 20.1. The summed E-state index contributed by atoms with van der Waals surface area (Å²) in [6.45, 7) is 12.7. The molecule has 50 heavy (non-hydrogen) atoms. The predicted molar refractivity (Wildman–Crippen MR) is 189 cm³/mol. The van der Waals surface area contributed by atoms with E-state index in [-0.39, 0.29) is 61.9 Å². The Labute approximate surface area is 295 Å². The topological polar surface area (TPSA) is 181 Å². The summed E-state index contributed by atoms with van der Waals surface area (Å²) in [6, 6.07) is 8.01. The fraction of sp³-hybridized carbons (Fsp3) is 0.571. The van der Waals surface area contributed by atoms with Gasteiger partial charge in [0.2, 0.25) is 20.0 Å². The van der Waals surface area contributed by atoms with Crippen molar-refractivity contribution in [2.75, 3.05) is 33.0 Å². The molecule has 2 aliphatic heterocycles. The standard InChI is InChI=1S/C35H49N5O8S2/c1-7-25(6)32(36)35(41)47-20-48-38-34-30-14-26(49(43,44)39-16-21(2)12-22(3)17-39)8-10-28(30)33(37-42)29-11-9-27(15-31(29)34)50(45,46)40-18-23(4)13-24(5)19-40/h8-11,14-15,21-25,32,42H,7,12-13,16-20,36H2,1-6H3/t21-,22+,23-,24+,25?,32?. The number of rotatable bonds is 10. The minimum absolute atomic E-state index is 0.00277. The Morgan fingerprint density at radius 2 is 1.26 bits per heavy atom. The summed E-state index contributed by atoms with van der Waals surface area (Å²) in [4.78, 5) is 18.0. The molecule has 2 heterocycles. The monoisotopic (exact) mass is 731 g/mol. The van der Waals surface area contributed by atoms with Crippen LogP contribution in [0.4, 0.5) is 0 Å². The van der Waals surface area contributed by atoms with Crippen molar-refractivity contribution in [3.8, 4) is 0 Å². The van der Waals surface area contributed by atoms with Gasteiger partial charge in [0.05, 0.1) is 9.79 Å². The molecule has 1 aliphatic carbocycles. The van der Waals surface area contributed by atoms with Crippen molar-refractivity contribution >= 4 is 37.4 Å². The average Bonchev–Trinajstić information content (AvgIpc) is 3.07. The van der Waals surface area contributed by atoms with Crippen LogP contribution in [0.25, 0.3) is 0 Å². The van der Waals surface area contributed by atoms with Crippen molar-refractivity contribution in [3.05, 3.63) is 58.7 Å². The van der Waals surface area contributed by atoms with Gasteiger partial charge in [-0.1, -0.05) is 70.4 Å². The maximum absolute atomic E-state index is 14.0. The summed E-state index contributed by atoms with van der Waals surface area (Å²) in [5.74, 6) is -0.0775. The van der Waals surface area contributed by atoms with Gasteiger partial charge in [-0.3, -0.25) is 4.79 Å². The highest BCUT2D eigenvalue weighted by molar-refractivity contribution is 7.89. The van der Waals surface area contributed by atoms with Crippen LogP contribution in [0.5, 0.6) is 0 Å². The first-order chi connectivity index (χ1) is 23.6. The Bertz CT molecular complexity index is 1750. The second-order valence-corrected chi connectivity index (χ2v) is 18.3. The van der Waals surface area contributed by atoms with E-state index in [4.69, 9.17) is 15.3 Å². The molecule has 2 aromatic rings. The molecule has 3 aliphatic rings. The zero-order valence-corrected chi connectivity index (χ0v) is 31.2. The zero-order chi connectivity index (χ0) is 36.5. The molecule has 0 aromatic heterocycles. The van der Waals surface area contributed by atoms with Crippen LogP contribution in [0.2, 0.25) is 0 Å². The normalized spacial score (nSPS) is 24.5. The van der Waals surface area contributed by atoms with Gasteiger partial charge in [0.1, 0.15) is 17.5 Å². The van der Waals surface area contributed by atoms with E-state index < -0.39 is 38.9 Å². The number of hydrogen-bond donors (Lipinski definition) is 2. The highest BCUT2D eigenvalue weighted by Gasteiger charge is 2.37. The molecule has 15 heteroatoms. The van der Waals surface area contributed by atoms with E-state index in [1.54, 1.807) is 12.1 Å². The third kappa shape index (κ3) is 7.61. The van der Waals surface area contributed by atoms with Gasteiger partial charge < -0.3 is 20.5 Å². The van der Waals surface area contributed by atoms with E-state index in [1.807, 2.05) is 41.5 Å². The maximum Gasteiger partial charge on any atom is 0.326 e. The second-order valence-electron chi connectivity index (χ2n) is 14.5. The van der Waals surface area contributed by atoms with Gasteiger partial charge in [-0.15, -0.1) is 0 Å². The number of nitrogens with zero attached hydrogens (tertiary/aromatic N) is 4. The highest BCUT2D eigenvalue weighted by atomic mass is 32.2. The molecule has 2 fully saturated rings. The Balaban J connectivity index is 1.59. The largest absolute Gasteiger partial charge is 0.425 e. The summed E-state index contributed by atoms with van der Waals surface area (Å²) in [7, 11) is -7.90. The van der Waals surface area contributed by atoms with E-state index in [0.717, 1.165) is 12.8 Å². The Morgan fingerprint density at radius 1 is 0.820 bits per heavy atom. The third-order valence-corrected chi connectivity index (χ3v) is 13.6. The lowest BCUT2D eigenvalue weighted by atomic mass is 9.83. The van der Waals surface area contributed by atoms with Gasteiger partial charge in [0, 0.05) is 48.4 Å². The number of piperidine rings is 2. The summed E-state index contributed by atoms with van der Waals surface area (Å²) in [5, 5.41) is 18.1. The minimum atomic E-state index is -3.95. The molecule has 0 amide bonds. The summed E-state index contributed by atoms with van der Waals surface area (Å²) >= 11 is 0. The van der Waals surface area contributed by atoms with E-state index in [1.165, 1.54) is 32.9 Å². The van der Waals surface area contributed by atoms with E-state index in [2.05, 4.69) is 10.3 Å². The number of carbonyl (C=O) groups is 1. The molecule has 13 nitrogen and oxygen atoms in total. The van der Waals surface area contributed by atoms with Crippen LogP contribution in [-0.2, 0) is 34.4 Å². The third-order valence-electron chi connectivity index (χ3n) is 9.99. The fourth-order valence-electron chi connectivity index (χ4n) is 7.33. The number of nitrogens with two attached hydrogens (primary N) is 1. The van der Waals surface area contributed by atoms with Crippen LogP contribution in [0.3, 0.4) is 0 Å². The van der Waals surface area contributed by atoms with Crippen LogP contribution in [0, 0.1) is 29.6 Å². The lowest BCUT2D eigenvalue weighted by molar-refractivity contribution is -0.159. The fourth-order valence-corrected chi connectivity index (χ4v) is 10.7. The number of fused-ring (bicyclic) bond motifs is 2. The molecule has 5 rings (SSSR count). The van der Waals surface area contributed by atoms with Crippen molar-refractivity contribution in [2.24, 2.45) is 45.6 Å². The van der Waals surface area contributed by atoms with Crippen LogP contribution < -0.4 is 5.73 Å². The molecular formula is C35H49N5O8S2. The number of oxime groups is 2. The van der Waals surface area contributed by atoms with Crippen molar-refractivity contribution in [1.29, 1.82) is 0 Å². The van der Waals surface area contributed by atoms with Crippen molar-refractivity contribution < 1.29 is 36.4 Å². The first kappa shape index (κ1) is 37.9. The number of sulfonamides is 2. The SMILES string of the molecule is CCC(C)C(N)C(=O)OCON=C1c2cc(S(=O)(=O)N3C[C@H](C)C[C@H](C)C3)ccc2C(=NO)c2ccc(S(=O)(=O)N3C[C@H](C)C[C@H](C)C3)cc21. The van der Waals surface area contributed by atoms with Gasteiger partial charge in [-0.25, -0.2) is 16.8 Å². The molecule has 0 radical (unpaired) electrons. The molecule has 274 valence electrons. The molecular weight excluding hydrogens is 683 g/mol. The van der Waals surface area contributed by atoms with Gasteiger partial charge in [0.25, 0.3) is 6.79 Å². The van der Waals surface area contributed by atoms with Crippen molar-refractivity contribution in [3.63, 3.8) is 0 Å². The molecule has 2 unspecified atom stereocenters. The molecule has 2 aromatic carbocycles. The summed E-state index contributed by atoms with van der Waals surface area (Å²) < 4.78 is 64.1. The van der Waals surface area contributed by atoms with Gasteiger partial charge in [0.15, 0.2) is 0 Å². The van der Waals surface area contributed by atoms with Crippen LogP contribution >= 0.6 is 0 Å². The molecule has 0 spiro atoms. The predicted octanol–water partition coefficient (Wildman–Crippen LogP) is 4.20. The Morgan fingerprint density at radius 3 is 1.66 bits per heavy atom. The number of esters is 1. The number of ether oxygens (including phenoxy) is 1. The lowest BCUT2D eigenvalue weighted by Gasteiger charge is -2.34. The Kier molecular flexibility index (Phi) is 11.4. The van der Waals surface area contributed by atoms with Gasteiger partial charge in [-0.2, -0.15) is 8.61 Å². The van der Waals surface area contributed by atoms with Crippen LogP contribution in [-0.4, -0.2) is 87.1 Å².